The Morgan fingerprint density at radius 3 is 2.71 bits per heavy atom. The lowest BCUT2D eigenvalue weighted by atomic mass is 9.99. The molecule has 0 aromatic heterocycles. The quantitative estimate of drug-likeness (QED) is 0.737. The molecule has 2 nitrogen and oxygen atoms in total. The zero-order valence-electron chi connectivity index (χ0n) is 10.7. The van der Waals surface area contributed by atoms with Gasteiger partial charge in [-0.3, -0.25) is 0 Å². The molecular formula is C15H19NO. The van der Waals surface area contributed by atoms with Crippen molar-refractivity contribution in [3.8, 4) is 0 Å². The van der Waals surface area contributed by atoms with Crippen molar-refractivity contribution in [2.75, 3.05) is 27.7 Å². The minimum atomic E-state index is 0.0783. The minimum Gasteiger partial charge on any atom is -0.373 e. The predicted molar refractivity (Wildman–Crippen MR) is 71.9 cm³/mol. The summed E-state index contributed by atoms with van der Waals surface area (Å²) < 4.78 is 5.46. The first-order valence-electron chi connectivity index (χ1n) is 5.86. The summed E-state index contributed by atoms with van der Waals surface area (Å²) in [7, 11) is 5.92. The Morgan fingerprint density at radius 1 is 1.18 bits per heavy atom. The average Bonchev–Trinajstić information content (AvgIpc) is 2.76. The van der Waals surface area contributed by atoms with Crippen LogP contribution < -0.4 is 0 Å². The normalized spacial score (nSPS) is 27.1. The van der Waals surface area contributed by atoms with Gasteiger partial charge in [-0.1, -0.05) is 42.5 Å². The van der Waals surface area contributed by atoms with Crippen LogP contribution in [0.2, 0.25) is 0 Å². The highest BCUT2D eigenvalue weighted by Gasteiger charge is 2.15. The number of allylic oxidation sites excluding steroid dienone is 5. The summed E-state index contributed by atoms with van der Waals surface area (Å²) in [5.41, 5.74) is 3.84. The van der Waals surface area contributed by atoms with Crippen molar-refractivity contribution in [2.45, 2.75) is 6.10 Å². The third-order valence-electron chi connectivity index (χ3n) is 2.88. The highest BCUT2D eigenvalue weighted by molar-refractivity contribution is 5.54. The van der Waals surface area contributed by atoms with Gasteiger partial charge in [0.15, 0.2) is 0 Å². The van der Waals surface area contributed by atoms with Crippen LogP contribution in [-0.4, -0.2) is 38.8 Å². The van der Waals surface area contributed by atoms with E-state index >= 15 is 0 Å². The molecule has 0 N–H and O–H groups in total. The number of ether oxygens (including phenoxy) is 1. The number of hydrogen-bond donors (Lipinski definition) is 0. The van der Waals surface area contributed by atoms with Gasteiger partial charge in [-0.15, -0.1) is 0 Å². The fourth-order valence-corrected chi connectivity index (χ4v) is 2.12. The highest BCUT2D eigenvalue weighted by Crippen LogP contribution is 2.25. The highest BCUT2D eigenvalue weighted by atomic mass is 16.5. The molecule has 1 unspecified atom stereocenters. The van der Waals surface area contributed by atoms with Crippen LogP contribution in [0.1, 0.15) is 0 Å². The molecule has 0 aliphatic heterocycles. The van der Waals surface area contributed by atoms with Gasteiger partial charge in [-0.2, -0.15) is 0 Å². The molecule has 0 spiro atoms. The Balaban J connectivity index is 2.23. The maximum Gasteiger partial charge on any atom is 0.101 e. The fraction of sp³-hybridized carbons (Fsp3) is 0.333. The average molecular weight is 229 g/mol. The SMILES string of the molecule is COC1C=CC=C/C1=C1\C=CC(CN(C)C)=C1. The summed E-state index contributed by atoms with van der Waals surface area (Å²) in [5.74, 6) is 0. The van der Waals surface area contributed by atoms with Gasteiger partial charge in [0.05, 0.1) is 0 Å². The lowest BCUT2D eigenvalue weighted by molar-refractivity contribution is 0.170. The van der Waals surface area contributed by atoms with E-state index in [1.807, 2.05) is 6.08 Å². The van der Waals surface area contributed by atoms with E-state index in [1.54, 1.807) is 7.11 Å². The molecule has 17 heavy (non-hydrogen) atoms. The van der Waals surface area contributed by atoms with Crippen LogP contribution in [0.25, 0.3) is 0 Å². The standard InChI is InChI=1S/C15H19NO/c1-16(2)11-12-8-9-13(10-12)14-6-4-5-7-15(14)17-3/h4-10,15H,11H2,1-3H3/b14-13-. The summed E-state index contributed by atoms with van der Waals surface area (Å²) in [6, 6.07) is 0. The third-order valence-corrected chi connectivity index (χ3v) is 2.88. The van der Waals surface area contributed by atoms with Gasteiger partial charge in [0.2, 0.25) is 0 Å². The van der Waals surface area contributed by atoms with Gasteiger partial charge < -0.3 is 9.64 Å². The van der Waals surface area contributed by atoms with Crippen LogP contribution in [0.4, 0.5) is 0 Å². The molecule has 0 saturated carbocycles. The third kappa shape index (κ3) is 2.84. The molecule has 0 aromatic rings. The number of likely N-dealkylation sites (N-methyl/N-ethyl adjacent to an activating group) is 1. The second-order valence-corrected chi connectivity index (χ2v) is 4.60. The van der Waals surface area contributed by atoms with E-state index in [4.69, 9.17) is 4.74 Å². The molecule has 0 heterocycles. The Kier molecular flexibility index (Phi) is 3.77. The van der Waals surface area contributed by atoms with Crippen molar-refractivity contribution in [3.05, 3.63) is 59.3 Å². The molecule has 2 rings (SSSR count). The van der Waals surface area contributed by atoms with E-state index in [0.717, 1.165) is 6.54 Å². The first-order valence-corrected chi connectivity index (χ1v) is 5.86. The van der Waals surface area contributed by atoms with E-state index in [-0.39, 0.29) is 6.10 Å². The van der Waals surface area contributed by atoms with Crippen molar-refractivity contribution in [2.24, 2.45) is 0 Å². The van der Waals surface area contributed by atoms with E-state index in [2.05, 4.69) is 55.5 Å². The molecule has 2 aliphatic carbocycles. The second kappa shape index (κ2) is 5.30. The molecule has 2 aliphatic rings. The zero-order valence-corrected chi connectivity index (χ0v) is 10.7. The number of nitrogens with zero attached hydrogens (tertiary/aromatic N) is 1. The van der Waals surface area contributed by atoms with Crippen molar-refractivity contribution >= 4 is 0 Å². The van der Waals surface area contributed by atoms with Crippen LogP contribution in [0.3, 0.4) is 0 Å². The molecule has 0 saturated heterocycles. The lowest BCUT2D eigenvalue weighted by Crippen LogP contribution is -2.14. The molecule has 0 amide bonds. The number of hydrogen-bond acceptors (Lipinski definition) is 2. The van der Waals surface area contributed by atoms with E-state index in [0.29, 0.717) is 0 Å². The Labute approximate surface area is 103 Å². The van der Waals surface area contributed by atoms with Gasteiger partial charge in [-0.25, -0.2) is 0 Å². The summed E-state index contributed by atoms with van der Waals surface area (Å²) in [6.07, 6.45) is 15.0. The topological polar surface area (TPSA) is 12.5 Å². The van der Waals surface area contributed by atoms with Crippen molar-refractivity contribution in [1.29, 1.82) is 0 Å². The van der Waals surface area contributed by atoms with E-state index in [9.17, 15) is 0 Å². The van der Waals surface area contributed by atoms with Gasteiger partial charge in [0.25, 0.3) is 0 Å². The van der Waals surface area contributed by atoms with Gasteiger partial charge >= 0.3 is 0 Å². The predicted octanol–water partition coefficient (Wildman–Crippen LogP) is 2.48. The molecule has 0 bridgehead atoms. The van der Waals surface area contributed by atoms with Crippen molar-refractivity contribution in [3.63, 3.8) is 0 Å². The van der Waals surface area contributed by atoms with Gasteiger partial charge in [0.1, 0.15) is 6.10 Å². The summed E-state index contributed by atoms with van der Waals surface area (Å²) in [5, 5.41) is 0. The monoisotopic (exact) mass is 229 g/mol. The van der Waals surface area contributed by atoms with Crippen LogP contribution in [0.15, 0.2) is 59.3 Å². The summed E-state index contributed by atoms with van der Waals surface area (Å²) in [4.78, 5) is 2.17. The smallest absolute Gasteiger partial charge is 0.101 e. The number of rotatable bonds is 3. The fourth-order valence-electron chi connectivity index (χ4n) is 2.12. The van der Waals surface area contributed by atoms with E-state index < -0.39 is 0 Å². The summed E-state index contributed by atoms with van der Waals surface area (Å²) >= 11 is 0. The van der Waals surface area contributed by atoms with Crippen LogP contribution in [-0.2, 0) is 4.74 Å². The lowest BCUT2D eigenvalue weighted by Gasteiger charge is -2.16. The Hall–Kier alpha value is -1.38. The molecule has 0 fully saturated rings. The first-order chi connectivity index (χ1) is 8.20. The maximum atomic E-state index is 5.46. The Morgan fingerprint density at radius 2 is 2.00 bits per heavy atom. The van der Waals surface area contributed by atoms with Crippen LogP contribution >= 0.6 is 0 Å². The molecule has 90 valence electrons. The molecule has 1 atom stereocenters. The second-order valence-electron chi connectivity index (χ2n) is 4.60. The van der Waals surface area contributed by atoms with Gasteiger partial charge in [0, 0.05) is 13.7 Å². The van der Waals surface area contributed by atoms with Crippen molar-refractivity contribution in [1.82, 2.24) is 4.90 Å². The Bertz CT molecular complexity index is 436. The molecule has 0 aromatic carbocycles. The zero-order chi connectivity index (χ0) is 12.3. The van der Waals surface area contributed by atoms with Crippen LogP contribution in [0.5, 0.6) is 0 Å². The molecule has 2 heteroatoms. The van der Waals surface area contributed by atoms with Crippen LogP contribution in [0, 0.1) is 0 Å². The van der Waals surface area contributed by atoms with Crippen molar-refractivity contribution < 1.29 is 4.74 Å². The first kappa shape index (κ1) is 12.1. The minimum absolute atomic E-state index is 0.0783. The van der Waals surface area contributed by atoms with Gasteiger partial charge in [-0.05, 0) is 30.8 Å². The maximum absolute atomic E-state index is 5.46. The summed E-state index contributed by atoms with van der Waals surface area (Å²) in [6.45, 7) is 0.977. The number of methoxy groups -OCH3 is 1. The largest absolute Gasteiger partial charge is 0.373 e. The molecular weight excluding hydrogens is 210 g/mol. The molecule has 0 radical (unpaired) electrons. The van der Waals surface area contributed by atoms with E-state index in [1.165, 1.54) is 16.7 Å².